The van der Waals surface area contributed by atoms with E-state index >= 15 is 0 Å². The minimum atomic E-state index is -0.263. The topological polar surface area (TPSA) is 70.6 Å². The van der Waals surface area contributed by atoms with Gasteiger partial charge in [-0.2, -0.15) is 0 Å². The lowest BCUT2D eigenvalue weighted by molar-refractivity contribution is -0.129. The number of likely N-dealkylation sites (tertiary alicyclic amines) is 1. The Morgan fingerprint density at radius 2 is 1.94 bits per heavy atom. The lowest BCUT2D eigenvalue weighted by Crippen LogP contribution is -2.44. The van der Waals surface area contributed by atoms with Crippen LogP contribution in [0.2, 0.25) is 0 Å². The molecule has 1 N–H and O–H groups in total. The van der Waals surface area contributed by atoms with Crippen LogP contribution < -0.4 is 15.0 Å². The second kappa shape index (κ2) is 11.2. The SMILES string of the molecule is O=C1CC[C@@H](CCNCCOc2ccc(F)cc2)N1C[C@H]1CCCN(c2ncccn2)C1. The molecule has 0 saturated carbocycles. The van der Waals surface area contributed by atoms with E-state index in [-0.39, 0.29) is 11.7 Å². The standard InChI is InChI=1S/C24H32FN5O2/c25-20-4-7-22(8-5-20)32-16-14-26-13-10-21-6-9-23(31)30(21)18-19-3-1-15-29(17-19)24-27-11-2-12-28-24/h2,4-5,7-8,11-12,19,21,26H,1,3,6,9-10,13-18H2/t19-,21-/m0/s1. The first kappa shape index (κ1) is 22.5. The molecule has 0 radical (unpaired) electrons. The number of nitrogens with one attached hydrogen (secondary N) is 1. The molecule has 2 aliphatic heterocycles. The summed E-state index contributed by atoms with van der Waals surface area (Å²) in [5.41, 5.74) is 0. The zero-order valence-electron chi connectivity index (χ0n) is 18.5. The van der Waals surface area contributed by atoms with Crippen LogP contribution >= 0.6 is 0 Å². The van der Waals surface area contributed by atoms with E-state index in [2.05, 4.69) is 25.1 Å². The normalized spacial score (nSPS) is 21.2. The summed E-state index contributed by atoms with van der Waals surface area (Å²) < 4.78 is 18.5. The molecule has 2 fully saturated rings. The van der Waals surface area contributed by atoms with E-state index in [0.29, 0.717) is 37.3 Å². The largest absolute Gasteiger partial charge is 0.492 e. The molecule has 32 heavy (non-hydrogen) atoms. The molecule has 7 nitrogen and oxygen atoms in total. The molecule has 2 aliphatic rings. The Labute approximate surface area is 189 Å². The second-order valence-corrected chi connectivity index (χ2v) is 8.58. The Morgan fingerprint density at radius 1 is 1.12 bits per heavy atom. The smallest absolute Gasteiger partial charge is 0.225 e. The van der Waals surface area contributed by atoms with Gasteiger partial charge in [0.05, 0.1) is 0 Å². The summed E-state index contributed by atoms with van der Waals surface area (Å²) in [6, 6.07) is 8.19. The van der Waals surface area contributed by atoms with Gasteiger partial charge < -0.3 is 19.9 Å². The van der Waals surface area contributed by atoms with Crippen LogP contribution in [0.15, 0.2) is 42.7 Å². The summed E-state index contributed by atoms with van der Waals surface area (Å²) in [5.74, 6) is 1.93. The molecule has 1 amide bonds. The van der Waals surface area contributed by atoms with Crippen molar-refractivity contribution in [3.63, 3.8) is 0 Å². The average molecular weight is 442 g/mol. The molecule has 172 valence electrons. The summed E-state index contributed by atoms with van der Waals surface area (Å²) in [6.45, 7) is 4.78. The quantitative estimate of drug-likeness (QED) is 0.572. The van der Waals surface area contributed by atoms with Gasteiger partial charge in [-0.05, 0) is 68.5 Å². The first-order valence-electron chi connectivity index (χ1n) is 11.6. The number of anilines is 1. The van der Waals surface area contributed by atoms with Crippen LogP contribution in [0.5, 0.6) is 5.75 Å². The molecule has 3 heterocycles. The molecule has 4 rings (SSSR count). The zero-order valence-corrected chi connectivity index (χ0v) is 18.5. The summed E-state index contributed by atoms with van der Waals surface area (Å²) in [5, 5.41) is 3.40. The van der Waals surface area contributed by atoms with E-state index in [0.717, 1.165) is 57.8 Å². The number of piperidine rings is 1. The third kappa shape index (κ3) is 6.16. The molecule has 0 aliphatic carbocycles. The van der Waals surface area contributed by atoms with Gasteiger partial charge in [-0.15, -0.1) is 0 Å². The van der Waals surface area contributed by atoms with Crippen molar-refractivity contribution in [1.82, 2.24) is 20.2 Å². The minimum absolute atomic E-state index is 0.263. The Hall–Kier alpha value is -2.74. The van der Waals surface area contributed by atoms with Gasteiger partial charge in [0, 0.05) is 51.0 Å². The first-order valence-corrected chi connectivity index (χ1v) is 11.6. The maximum Gasteiger partial charge on any atom is 0.225 e. The van der Waals surface area contributed by atoms with Crippen molar-refractivity contribution in [2.24, 2.45) is 5.92 Å². The number of carbonyl (C=O) groups excluding carboxylic acids is 1. The number of halogens is 1. The molecule has 1 aromatic carbocycles. The van der Waals surface area contributed by atoms with Crippen LogP contribution in [-0.4, -0.2) is 66.1 Å². The fourth-order valence-electron chi connectivity index (χ4n) is 4.64. The molecule has 2 saturated heterocycles. The summed E-state index contributed by atoms with van der Waals surface area (Å²) in [6.07, 6.45) is 8.33. The van der Waals surface area contributed by atoms with Crippen LogP contribution in [0.1, 0.15) is 32.1 Å². The Kier molecular flexibility index (Phi) is 7.87. The van der Waals surface area contributed by atoms with Crippen molar-refractivity contribution in [2.45, 2.75) is 38.1 Å². The first-order chi connectivity index (χ1) is 15.7. The Morgan fingerprint density at radius 3 is 2.75 bits per heavy atom. The molecular weight excluding hydrogens is 409 g/mol. The van der Waals surface area contributed by atoms with Crippen LogP contribution in [0.4, 0.5) is 10.3 Å². The van der Waals surface area contributed by atoms with Crippen molar-refractivity contribution in [1.29, 1.82) is 0 Å². The van der Waals surface area contributed by atoms with Crippen molar-refractivity contribution in [3.8, 4) is 5.75 Å². The molecule has 0 spiro atoms. The van der Waals surface area contributed by atoms with Gasteiger partial charge in [-0.1, -0.05) is 0 Å². The summed E-state index contributed by atoms with van der Waals surface area (Å²) >= 11 is 0. The minimum Gasteiger partial charge on any atom is -0.492 e. The van der Waals surface area contributed by atoms with Gasteiger partial charge in [-0.25, -0.2) is 14.4 Å². The number of nitrogens with zero attached hydrogens (tertiary/aromatic N) is 4. The molecule has 8 heteroatoms. The third-order valence-electron chi connectivity index (χ3n) is 6.28. The van der Waals surface area contributed by atoms with Crippen LogP contribution in [0.25, 0.3) is 0 Å². The van der Waals surface area contributed by atoms with E-state index in [1.54, 1.807) is 24.5 Å². The van der Waals surface area contributed by atoms with E-state index in [9.17, 15) is 9.18 Å². The Balaban J connectivity index is 1.18. The van der Waals surface area contributed by atoms with Gasteiger partial charge in [-0.3, -0.25) is 4.79 Å². The maximum atomic E-state index is 12.9. The fourth-order valence-corrected chi connectivity index (χ4v) is 4.64. The number of carbonyl (C=O) groups is 1. The van der Waals surface area contributed by atoms with Gasteiger partial charge in [0.25, 0.3) is 0 Å². The van der Waals surface area contributed by atoms with E-state index in [4.69, 9.17) is 4.74 Å². The van der Waals surface area contributed by atoms with Crippen LogP contribution in [0, 0.1) is 11.7 Å². The van der Waals surface area contributed by atoms with Gasteiger partial charge in [0.2, 0.25) is 11.9 Å². The highest BCUT2D eigenvalue weighted by molar-refractivity contribution is 5.78. The van der Waals surface area contributed by atoms with Gasteiger partial charge in [0.15, 0.2) is 0 Å². The van der Waals surface area contributed by atoms with Gasteiger partial charge >= 0.3 is 0 Å². The molecular formula is C24H32FN5O2. The predicted octanol–water partition coefficient (Wildman–Crippen LogP) is 2.88. The number of hydrogen-bond acceptors (Lipinski definition) is 6. The Bertz CT molecular complexity index is 851. The highest BCUT2D eigenvalue weighted by Crippen LogP contribution is 2.26. The summed E-state index contributed by atoms with van der Waals surface area (Å²) in [4.78, 5) is 25.7. The molecule has 0 unspecified atom stereocenters. The van der Waals surface area contributed by atoms with Crippen molar-refractivity contribution < 1.29 is 13.9 Å². The monoisotopic (exact) mass is 441 g/mol. The third-order valence-corrected chi connectivity index (χ3v) is 6.28. The van der Waals surface area contributed by atoms with Crippen molar-refractivity contribution in [3.05, 3.63) is 48.5 Å². The average Bonchev–Trinajstić information content (AvgIpc) is 3.17. The highest BCUT2D eigenvalue weighted by atomic mass is 19.1. The number of rotatable bonds is 10. The van der Waals surface area contributed by atoms with Crippen molar-refractivity contribution >= 4 is 11.9 Å². The van der Waals surface area contributed by atoms with E-state index in [1.807, 2.05) is 6.07 Å². The van der Waals surface area contributed by atoms with E-state index < -0.39 is 0 Å². The predicted molar refractivity (Wildman–Crippen MR) is 121 cm³/mol. The zero-order chi connectivity index (χ0) is 22.2. The molecule has 0 bridgehead atoms. The number of hydrogen-bond donors (Lipinski definition) is 1. The fraction of sp³-hybridized carbons (Fsp3) is 0.542. The number of ether oxygens (including phenoxy) is 1. The molecule has 2 atom stereocenters. The van der Waals surface area contributed by atoms with Gasteiger partial charge in [0.1, 0.15) is 18.2 Å². The molecule has 1 aromatic heterocycles. The van der Waals surface area contributed by atoms with Crippen LogP contribution in [-0.2, 0) is 4.79 Å². The number of aromatic nitrogens is 2. The highest BCUT2D eigenvalue weighted by Gasteiger charge is 2.33. The molecule has 2 aromatic rings. The number of benzene rings is 1. The van der Waals surface area contributed by atoms with Crippen LogP contribution in [0.3, 0.4) is 0 Å². The van der Waals surface area contributed by atoms with Crippen molar-refractivity contribution in [2.75, 3.05) is 44.2 Å². The summed E-state index contributed by atoms with van der Waals surface area (Å²) in [7, 11) is 0. The number of amides is 1. The maximum absolute atomic E-state index is 12.9. The lowest BCUT2D eigenvalue weighted by Gasteiger charge is -2.36. The van der Waals surface area contributed by atoms with E-state index in [1.165, 1.54) is 12.1 Å². The lowest BCUT2D eigenvalue weighted by atomic mass is 9.97. The second-order valence-electron chi connectivity index (χ2n) is 8.58.